The highest BCUT2D eigenvalue weighted by Gasteiger charge is 2.42. The zero-order valence-corrected chi connectivity index (χ0v) is 15.8. The van der Waals surface area contributed by atoms with E-state index in [1.807, 2.05) is 0 Å². The van der Waals surface area contributed by atoms with Crippen molar-refractivity contribution in [2.45, 2.75) is 57.9 Å². The second kappa shape index (κ2) is 7.93. The number of nitrogens with zero attached hydrogens (tertiary/aromatic N) is 2. The maximum absolute atomic E-state index is 12.5. The fraction of sp³-hybridized carbons (Fsp3) is 0.824. The van der Waals surface area contributed by atoms with E-state index in [0.717, 1.165) is 0 Å². The summed E-state index contributed by atoms with van der Waals surface area (Å²) in [7, 11) is 0. The van der Waals surface area contributed by atoms with E-state index in [1.54, 1.807) is 25.7 Å². The van der Waals surface area contributed by atoms with Crippen LogP contribution < -0.4 is 5.32 Å². The average molecular weight is 393 g/mol. The Morgan fingerprint density at radius 2 is 1.78 bits per heavy atom. The zero-order chi connectivity index (χ0) is 20.4. The van der Waals surface area contributed by atoms with Crippen LogP contribution in [0, 0.1) is 5.92 Å². The molecule has 0 bridgehead atoms. The highest BCUT2D eigenvalue weighted by molar-refractivity contribution is 5.89. The lowest BCUT2D eigenvalue weighted by molar-refractivity contribution is -0.157. The number of carbonyl (C=O) groups excluding carboxylic acids is 3. The molecule has 0 aliphatic carbocycles. The molecule has 1 atom stereocenters. The standard InChI is InChI=1S/C17H26F3N3O4/c1-16(2,3)27-15(26)21-12-4-6-22(7-5-12)14(25)11-8-13(24)23(9-11)10-17(18,19)20/h11-12H,4-10H2,1-3H3,(H,21,26). The predicted octanol–water partition coefficient (Wildman–Crippen LogP) is 1.91. The molecule has 10 heteroatoms. The molecule has 0 spiro atoms. The molecule has 0 saturated carbocycles. The van der Waals surface area contributed by atoms with Crippen LogP contribution in [0.3, 0.4) is 0 Å². The molecule has 2 fully saturated rings. The molecule has 2 heterocycles. The van der Waals surface area contributed by atoms with Gasteiger partial charge in [0, 0.05) is 32.1 Å². The number of hydrogen-bond acceptors (Lipinski definition) is 4. The molecule has 3 amide bonds. The Bertz CT molecular complexity index is 581. The van der Waals surface area contributed by atoms with Gasteiger partial charge in [-0.3, -0.25) is 9.59 Å². The van der Waals surface area contributed by atoms with Gasteiger partial charge in [0.05, 0.1) is 5.92 Å². The lowest BCUT2D eigenvalue weighted by Crippen LogP contribution is -2.49. The van der Waals surface area contributed by atoms with Crippen LogP contribution in [0.4, 0.5) is 18.0 Å². The first-order valence-electron chi connectivity index (χ1n) is 8.97. The number of piperidine rings is 1. The van der Waals surface area contributed by atoms with Crippen LogP contribution in [-0.4, -0.2) is 71.7 Å². The summed E-state index contributed by atoms with van der Waals surface area (Å²) in [4.78, 5) is 38.3. The highest BCUT2D eigenvalue weighted by Crippen LogP contribution is 2.26. The Balaban J connectivity index is 1.80. The van der Waals surface area contributed by atoms with Crippen molar-refractivity contribution in [2.24, 2.45) is 5.92 Å². The van der Waals surface area contributed by atoms with Crippen molar-refractivity contribution < 1.29 is 32.3 Å². The molecule has 0 aromatic carbocycles. The number of likely N-dealkylation sites (tertiary alicyclic amines) is 2. The highest BCUT2D eigenvalue weighted by atomic mass is 19.4. The second-order valence-electron chi connectivity index (χ2n) is 8.04. The van der Waals surface area contributed by atoms with Gasteiger partial charge in [-0.15, -0.1) is 0 Å². The van der Waals surface area contributed by atoms with Gasteiger partial charge in [-0.05, 0) is 33.6 Å². The van der Waals surface area contributed by atoms with Gasteiger partial charge < -0.3 is 19.9 Å². The number of hydrogen-bond donors (Lipinski definition) is 1. The van der Waals surface area contributed by atoms with Gasteiger partial charge in [0.1, 0.15) is 12.1 Å². The van der Waals surface area contributed by atoms with Crippen LogP contribution in [0.15, 0.2) is 0 Å². The van der Waals surface area contributed by atoms with Gasteiger partial charge >= 0.3 is 12.3 Å². The fourth-order valence-corrected chi connectivity index (χ4v) is 3.28. The van der Waals surface area contributed by atoms with E-state index in [2.05, 4.69) is 5.32 Å². The van der Waals surface area contributed by atoms with Gasteiger partial charge in [-0.2, -0.15) is 13.2 Å². The summed E-state index contributed by atoms with van der Waals surface area (Å²) in [6.45, 7) is 4.52. The lowest BCUT2D eigenvalue weighted by Gasteiger charge is -2.34. The predicted molar refractivity (Wildman–Crippen MR) is 89.7 cm³/mol. The second-order valence-corrected chi connectivity index (χ2v) is 8.04. The molecule has 154 valence electrons. The molecule has 0 radical (unpaired) electrons. The molecule has 1 N–H and O–H groups in total. The Morgan fingerprint density at radius 1 is 1.19 bits per heavy atom. The monoisotopic (exact) mass is 393 g/mol. The van der Waals surface area contributed by atoms with Crippen LogP contribution in [0.5, 0.6) is 0 Å². The number of alkyl halides is 3. The topological polar surface area (TPSA) is 79.0 Å². The number of ether oxygens (including phenoxy) is 1. The molecule has 27 heavy (non-hydrogen) atoms. The quantitative estimate of drug-likeness (QED) is 0.795. The summed E-state index contributed by atoms with van der Waals surface area (Å²) in [6.07, 6.45) is -4.13. The van der Waals surface area contributed by atoms with E-state index in [-0.39, 0.29) is 24.9 Å². The normalized spacial score (nSPS) is 22.1. The van der Waals surface area contributed by atoms with E-state index in [0.29, 0.717) is 30.8 Å². The third-order valence-corrected chi connectivity index (χ3v) is 4.46. The minimum atomic E-state index is -4.47. The molecule has 0 aromatic heterocycles. The third-order valence-electron chi connectivity index (χ3n) is 4.46. The van der Waals surface area contributed by atoms with E-state index in [4.69, 9.17) is 4.74 Å². The minimum Gasteiger partial charge on any atom is -0.444 e. The van der Waals surface area contributed by atoms with Crippen molar-refractivity contribution >= 4 is 17.9 Å². The number of amides is 3. The first kappa shape index (κ1) is 21.3. The summed E-state index contributed by atoms with van der Waals surface area (Å²) >= 11 is 0. The molecule has 2 aliphatic rings. The van der Waals surface area contributed by atoms with Crippen molar-refractivity contribution in [1.29, 1.82) is 0 Å². The largest absolute Gasteiger partial charge is 0.444 e. The summed E-state index contributed by atoms with van der Waals surface area (Å²) in [5.74, 6) is -1.69. The molecule has 2 aliphatic heterocycles. The van der Waals surface area contributed by atoms with E-state index < -0.39 is 36.2 Å². The first-order chi connectivity index (χ1) is 12.3. The lowest BCUT2D eigenvalue weighted by atomic mass is 10.0. The Kier molecular flexibility index (Phi) is 6.26. The summed E-state index contributed by atoms with van der Waals surface area (Å²) in [5.41, 5.74) is -0.599. The molecule has 7 nitrogen and oxygen atoms in total. The average Bonchev–Trinajstić information content (AvgIpc) is 2.84. The van der Waals surface area contributed by atoms with Crippen LogP contribution in [0.2, 0.25) is 0 Å². The Morgan fingerprint density at radius 3 is 2.30 bits per heavy atom. The van der Waals surface area contributed by atoms with Gasteiger partial charge in [0.2, 0.25) is 11.8 Å². The van der Waals surface area contributed by atoms with Gasteiger partial charge in [-0.25, -0.2) is 4.79 Å². The first-order valence-corrected chi connectivity index (χ1v) is 8.97. The van der Waals surface area contributed by atoms with Gasteiger partial charge in [0.15, 0.2) is 0 Å². The maximum Gasteiger partial charge on any atom is 0.407 e. The van der Waals surface area contributed by atoms with Crippen molar-refractivity contribution in [2.75, 3.05) is 26.2 Å². The van der Waals surface area contributed by atoms with Gasteiger partial charge in [0.25, 0.3) is 0 Å². The Hall–Kier alpha value is -2.00. The number of rotatable bonds is 3. The minimum absolute atomic E-state index is 0.129. The molecule has 0 aromatic rings. The van der Waals surface area contributed by atoms with Crippen LogP contribution in [0.1, 0.15) is 40.0 Å². The van der Waals surface area contributed by atoms with Crippen LogP contribution in [-0.2, 0) is 14.3 Å². The summed E-state index contributed by atoms with van der Waals surface area (Å²) in [6, 6.07) is -0.129. The SMILES string of the molecule is CC(C)(C)OC(=O)NC1CCN(C(=O)C2CC(=O)N(CC(F)(F)F)C2)CC1. The molecule has 2 saturated heterocycles. The van der Waals surface area contributed by atoms with Crippen molar-refractivity contribution in [3.8, 4) is 0 Å². The molecular formula is C17H26F3N3O4. The molecular weight excluding hydrogens is 367 g/mol. The molecule has 1 unspecified atom stereocenters. The number of halogens is 3. The van der Waals surface area contributed by atoms with E-state index >= 15 is 0 Å². The Labute approximate surface area is 156 Å². The fourth-order valence-electron chi connectivity index (χ4n) is 3.28. The van der Waals surface area contributed by atoms with Gasteiger partial charge in [-0.1, -0.05) is 0 Å². The third kappa shape index (κ3) is 6.59. The van der Waals surface area contributed by atoms with Crippen LogP contribution >= 0.6 is 0 Å². The number of alkyl carbamates (subject to hydrolysis) is 1. The smallest absolute Gasteiger partial charge is 0.407 e. The van der Waals surface area contributed by atoms with Crippen LogP contribution in [0.25, 0.3) is 0 Å². The summed E-state index contributed by atoms with van der Waals surface area (Å²) < 4.78 is 42.6. The number of carbonyl (C=O) groups is 3. The zero-order valence-electron chi connectivity index (χ0n) is 15.8. The van der Waals surface area contributed by atoms with Crippen molar-refractivity contribution in [3.05, 3.63) is 0 Å². The summed E-state index contributed by atoms with van der Waals surface area (Å²) in [5, 5.41) is 2.76. The maximum atomic E-state index is 12.5. The molecule has 2 rings (SSSR count). The number of nitrogens with one attached hydrogen (secondary N) is 1. The van der Waals surface area contributed by atoms with Crippen molar-refractivity contribution in [1.82, 2.24) is 15.1 Å². The van der Waals surface area contributed by atoms with E-state index in [9.17, 15) is 27.6 Å². The van der Waals surface area contributed by atoms with Crippen molar-refractivity contribution in [3.63, 3.8) is 0 Å². The van der Waals surface area contributed by atoms with E-state index in [1.165, 1.54) is 0 Å².